The van der Waals surface area contributed by atoms with Crippen LogP contribution >= 0.6 is 0 Å². The fraction of sp³-hybridized carbons (Fsp3) is 0.300. The molecule has 0 bridgehead atoms. The standard InChI is InChI=1S/C20H23N3O3/c1-12-6-7-13(2)18(10-12)26-14(3)19(24)21-15-8-9-16-17(11-15)23(5)20(25)22(16)4/h6-11,14H,1-5H3,(H,21,24). The van der Waals surface area contributed by atoms with E-state index < -0.39 is 6.10 Å². The van der Waals surface area contributed by atoms with Crippen LogP contribution in [0.2, 0.25) is 0 Å². The Bertz CT molecular complexity index is 1050. The van der Waals surface area contributed by atoms with Crippen molar-refractivity contribution in [2.24, 2.45) is 14.1 Å². The lowest BCUT2D eigenvalue weighted by molar-refractivity contribution is -0.122. The minimum atomic E-state index is -0.647. The maximum absolute atomic E-state index is 12.5. The van der Waals surface area contributed by atoms with E-state index in [2.05, 4.69) is 5.32 Å². The predicted octanol–water partition coefficient (Wildman–Crippen LogP) is 2.90. The Morgan fingerprint density at radius 2 is 1.73 bits per heavy atom. The van der Waals surface area contributed by atoms with Gasteiger partial charge in [-0.15, -0.1) is 0 Å². The van der Waals surface area contributed by atoms with Gasteiger partial charge in [0.1, 0.15) is 5.75 Å². The number of anilines is 1. The monoisotopic (exact) mass is 353 g/mol. The van der Waals surface area contributed by atoms with E-state index in [0.717, 1.165) is 22.2 Å². The molecular formula is C20H23N3O3. The molecule has 6 heteroatoms. The zero-order valence-electron chi connectivity index (χ0n) is 15.7. The van der Waals surface area contributed by atoms with Crippen molar-refractivity contribution in [2.75, 3.05) is 5.32 Å². The van der Waals surface area contributed by atoms with Crippen LogP contribution in [0.25, 0.3) is 11.0 Å². The second kappa shape index (κ2) is 6.71. The van der Waals surface area contributed by atoms with Crippen molar-refractivity contribution in [3.05, 3.63) is 58.0 Å². The van der Waals surface area contributed by atoms with Gasteiger partial charge < -0.3 is 10.1 Å². The fourth-order valence-electron chi connectivity index (χ4n) is 2.91. The number of benzene rings is 2. The number of rotatable bonds is 4. The maximum atomic E-state index is 12.5. The van der Waals surface area contributed by atoms with E-state index in [9.17, 15) is 9.59 Å². The smallest absolute Gasteiger partial charge is 0.328 e. The summed E-state index contributed by atoms with van der Waals surface area (Å²) in [5, 5.41) is 2.86. The molecule has 1 atom stereocenters. The third-order valence-corrected chi connectivity index (χ3v) is 4.56. The molecule has 1 amide bonds. The van der Waals surface area contributed by atoms with Gasteiger partial charge in [-0.3, -0.25) is 13.9 Å². The third kappa shape index (κ3) is 3.22. The van der Waals surface area contributed by atoms with Gasteiger partial charge in [-0.2, -0.15) is 0 Å². The zero-order valence-corrected chi connectivity index (χ0v) is 15.7. The van der Waals surface area contributed by atoms with Crippen molar-refractivity contribution in [3.63, 3.8) is 0 Å². The average Bonchev–Trinajstić information content (AvgIpc) is 2.82. The Morgan fingerprint density at radius 1 is 1.04 bits per heavy atom. The van der Waals surface area contributed by atoms with Gasteiger partial charge in [0.2, 0.25) is 0 Å². The Hall–Kier alpha value is -3.02. The molecule has 0 radical (unpaired) electrons. The van der Waals surface area contributed by atoms with Crippen LogP contribution in [-0.2, 0) is 18.9 Å². The van der Waals surface area contributed by atoms with Crippen LogP contribution in [0.5, 0.6) is 5.75 Å². The predicted molar refractivity (Wildman–Crippen MR) is 103 cm³/mol. The molecule has 1 N–H and O–H groups in total. The molecule has 136 valence electrons. The van der Waals surface area contributed by atoms with Crippen LogP contribution in [0.4, 0.5) is 5.69 Å². The van der Waals surface area contributed by atoms with Crippen molar-refractivity contribution in [1.29, 1.82) is 0 Å². The molecular weight excluding hydrogens is 330 g/mol. The Morgan fingerprint density at radius 3 is 2.46 bits per heavy atom. The average molecular weight is 353 g/mol. The minimum absolute atomic E-state index is 0.102. The van der Waals surface area contributed by atoms with E-state index in [1.807, 2.05) is 38.1 Å². The van der Waals surface area contributed by atoms with Crippen molar-refractivity contribution in [3.8, 4) is 5.75 Å². The van der Waals surface area contributed by atoms with Crippen LogP contribution < -0.4 is 15.7 Å². The number of amides is 1. The summed E-state index contributed by atoms with van der Waals surface area (Å²) in [5.41, 5.74) is 4.16. The van der Waals surface area contributed by atoms with Crippen LogP contribution in [0.1, 0.15) is 18.1 Å². The third-order valence-electron chi connectivity index (χ3n) is 4.56. The van der Waals surface area contributed by atoms with E-state index >= 15 is 0 Å². The molecule has 1 aromatic heterocycles. The number of nitrogens with zero attached hydrogens (tertiary/aromatic N) is 2. The molecule has 0 aliphatic carbocycles. The largest absolute Gasteiger partial charge is 0.481 e. The van der Waals surface area contributed by atoms with Gasteiger partial charge >= 0.3 is 5.69 Å². The van der Waals surface area contributed by atoms with E-state index in [-0.39, 0.29) is 11.6 Å². The number of fused-ring (bicyclic) bond motifs is 1. The summed E-state index contributed by atoms with van der Waals surface area (Å²) >= 11 is 0. The Balaban J connectivity index is 1.79. The number of aryl methyl sites for hydroxylation is 4. The first-order valence-electron chi connectivity index (χ1n) is 8.48. The lowest BCUT2D eigenvalue weighted by Crippen LogP contribution is -2.30. The first-order valence-corrected chi connectivity index (χ1v) is 8.48. The molecule has 1 heterocycles. The van der Waals surface area contributed by atoms with Gasteiger partial charge in [-0.25, -0.2) is 4.79 Å². The van der Waals surface area contributed by atoms with Gasteiger partial charge in [0.05, 0.1) is 11.0 Å². The van der Waals surface area contributed by atoms with Crippen molar-refractivity contribution in [2.45, 2.75) is 26.9 Å². The van der Waals surface area contributed by atoms with Crippen molar-refractivity contribution >= 4 is 22.6 Å². The minimum Gasteiger partial charge on any atom is -0.481 e. The summed E-state index contributed by atoms with van der Waals surface area (Å²) in [7, 11) is 3.44. The molecule has 0 saturated carbocycles. The summed E-state index contributed by atoms with van der Waals surface area (Å²) in [6.07, 6.45) is -0.647. The fourth-order valence-corrected chi connectivity index (χ4v) is 2.91. The molecule has 26 heavy (non-hydrogen) atoms. The molecule has 3 aromatic rings. The van der Waals surface area contributed by atoms with E-state index in [4.69, 9.17) is 4.74 Å². The normalized spacial score (nSPS) is 12.2. The van der Waals surface area contributed by atoms with Gasteiger partial charge in [-0.1, -0.05) is 12.1 Å². The maximum Gasteiger partial charge on any atom is 0.328 e. The second-order valence-corrected chi connectivity index (χ2v) is 6.62. The highest BCUT2D eigenvalue weighted by Gasteiger charge is 2.17. The molecule has 0 aliphatic heterocycles. The highest BCUT2D eigenvalue weighted by molar-refractivity contribution is 5.96. The second-order valence-electron chi connectivity index (χ2n) is 6.62. The van der Waals surface area contributed by atoms with Gasteiger partial charge in [0, 0.05) is 19.8 Å². The molecule has 0 aliphatic rings. The number of imidazole rings is 1. The van der Waals surface area contributed by atoms with Gasteiger partial charge in [0.15, 0.2) is 6.10 Å². The highest BCUT2D eigenvalue weighted by Crippen LogP contribution is 2.22. The summed E-state index contributed by atoms with van der Waals surface area (Å²) in [6, 6.07) is 11.3. The molecule has 1 unspecified atom stereocenters. The molecule has 0 spiro atoms. The van der Waals surface area contributed by atoms with Crippen LogP contribution in [0.15, 0.2) is 41.2 Å². The number of nitrogens with one attached hydrogen (secondary N) is 1. The number of ether oxygens (including phenoxy) is 1. The lowest BCUT2D eigenvalue weighted by Gasteiger charge is -2.17. The topological polar surface area (TPSA) is 65.3 Å². The molecule has 6 nitrogen and oxygen atoms in total. The van der Waals surface area contributed by atoms with Crippen molar-refractivity contribution < 1.29 is 9.53 Å². The van der Waals surface area contributed by atoms with Gasteiger partial charge in [0.25, 0.3) is 5.91 Å². The summed E-state index contributed by atoms with van der Waals surface area (Å²) < 4.78 is 8.96. The first-order chi connectivity index (χ1) is 12.3. The quantitative estimate of drug-likeness (QED) is 0.784. The molecule has 3 rings (SSSR count). The summed E-state index contributed by atoms with van der Waals surface area (Å²) in [5.74, 6) is 0.458. The summed E-state index contributed by atoms with van der Waals surface area (Å²) in [6.45, 7) is 5.65. The highest BCUT2D eigenvalue weighted by atomic mass is 16.5. The number of hydrogen-bond donors (Lipinski definition) is 1. The number of carbonyl (C=O) groups is 1. The number of hydrogen-bond acceptors (Lipinski definition) is 3. The van der Waals surface area contributed by atoms with E-state index in [0.29, 0.717) is 11.4 Å². The van der Waals surface area contributed by atoms with Crippen LogP contribution in [0.3, 0.4) is 0 Å². The van der Waals surface area contributed by atoms with E-state index in [1.165, 1.54) is 0 Å². The number of aromatic nitrogens is 2. The van der Waals surface area contributed by atoms with Crippen LogP contribution in [-0.4, -0.2) is 21.1 Å². The molecule has 0 saturated heterocycles. The van der Waals surface area contributed by atoms with Gasteiger partial charge in [-0.05, 0) is 56.2 Å². The lowest BCUT2D eigenvalue weighted by atomic mass is 10.1. The Kier molecular flexibility index (Phi) is 4.59. The number of carbonyl (C=O) groups excluding carboxylic acids is 1. The molecule has 2 aromatic carbocycles. The first kappa shape index (κ1) is 17.8. The van der Waals surface area contributed by atoms with E-state index in [1.54, 1.807) is 42.3 Å². The summed E-state index contributed by atoms with van der Waals surface area (Å²) in [4.78, 5) is 24.5. The molecule has 0 fully saturated rings. The van der Waals surface area contributed by atoms with Crippen LogP contribution in [0, 0.1) is 13.8 Å². The Labute approximate surface area is 152 Å². The van der Waals surface area contributed by atoms with Crippen molar-refractivity contribution in [1.82, 2.24) is 9.13 Å². The SMILES string of the molecule is Cc1ccc(C)c(OC(C)C(=O)Nc2ccc3c(c2)n(C)c(=O)n3C)c1. The zero-order chi connectivity index (χ0) is 19.0.